The lowest BCUT2D eigenvalue weighted by Gasteiger charge is -2.44. The Morgan fingerprint density at radius 3 is 2.59 bits per heavy atom. The lowest BCUT2D eigenvalue weighted by atomic mass is 9.94. The number of rotatable bonds is 4. The third-order valence-corrected chi connectivity index (χ3v) is 21.1. The SMILES string of the molecule is CC(C)[Si](C#Cc1c(F)ccc2cc(O)cc(-c3ncc4c5nc(nc4c3F)OC[C@]34CCCN3C[C@@H](C4)OCCC(=O)N(C)C[C@@]34CC[C@@H](CN5C3)N4)c12)(C(C)C)C(C)C. The Labute approximate surface area is 358 Å². The minimum atomic E-state index is -2.30. The van der Waals surface area contributed by atoms with E-state index in [0.717, 1.165) is 45.2 Å². The van der Waals surface area contributed by atoms with Crippen molar-refractivity contribution in [2.75, 3.05) is 57.9 Å². The maximum Gasteiger partial charge on any atom is 0.319 e. The number of benzene rings is 2. The van der Waals surface area contributed by atoms with Crippen LogP contribution in [-0.2, 0) is 9.53 Å². The number of pyridine rings is 1. The Balaban J connectivity index is 1.21. The standard InChI is InChI=1S/C47H59F2N7O4Si/c1-28(2)61(29(3)4,30(5)6)18-13-35-38(48)10-9-31-19-33(57)20-36(40(31)35)42-41(49)43-37(22-50-42)44-52-45(51-43)60-27-47-14-8-16-56(47)24-34(21-47)59-17-12-39(58)54(7)25-46-15-11-32(53-46)23-55(44)26-46/h9-10,19-20,22,28-30,32,34,53,57H,8,11-12,14-17,21,23-27H2,1-7H3/t32-,34+,46-,47+/m0/s1. The van der Waals surface area contributed by atoms with Crippen molar-refractivity contribution in [1.29, 1.82) is 0 Å². The van der Waals surface area contributed by atoms with Gasteiger partial charge in [0, 0.05) is 56.4 Å². The van der Waals surface area contributed by atoms with E-state index >= 15 is 8.78 Å². The molecule has 0 aliphatic carbocycles. The highest BCUT2D eigenvalue weighted by molar-refractivity contribution is 6.90. The van der Waals surface area contributed by atoms with Crippen molar-refractivity contribution in [2.45, 2.75) is 120 Å². The summed E-state index contributed by atoms with van der Waals surface area (Å²) in [5, 5.41) is 16.2. The van der Waals surface area contributed by atoms with Gasteiger partial charge in [0.1, 0.15) is 43.3 Å². The number of phenols is 1. The minimum absolute atomic E-state index is 0.0231. The van der Waals surface area contributed by atoms with Crippen LogP contribution in [0, 0.1) is 23.1 Å². The number of aromatic nitrogens is 3. The van der Waals surface area contributed by atoms with Gasteiger partial charge in [0.15, 0.2) is 5.82 Å². The molecule has 0 saturated carbocycles. The van der Waals surface area contributed by atoms with Crippen LogP contribution in [0.3, 0.4) is 0 Å². The molecule has 2 aromatic heterocycles. The quantitative estimate of drug-likeness (QED) is 0.157. The molecule has 5 aliphatic heterocycles. The Morgan fingerprint density at radius 1 is 1.03 bits per heavy atom. The van der Waals surface area contributed by atoms with E-state index in [1.807, 2.05) is 11.9 Å². The van der Waals surface area contributed by atoms with E-state index < -0.39 is 25.2 Å². The number of nitrogens with one attached hydrogen (secondary N) is 1. The molecular weight excluding hydrogens is 793 g/mol. The summed E-state index contributed by atoms with van der Waals surface area (Å²) in [6.45, 7) is 17.2. The van der Waals surface area contributed by atoms with Crippen molar-refractivity contribution in [3.8, 4) is 34.5 Å². The summed E-state index contributed by atoms with van der Waals surface area (Å²) in [5.41, 5.74) is 4.24. The van der Waals surface area contributed by atoms with Gasteiger partial charge in [-0.25, -0.2) is 8.78 Å². The molecule has 61 heavy (non-hydrogen) atoms. The van der Waals surface area contributed by atoms with Gasteiger partial charge in [0.2, 0.25) is 5.91 Å². The molecule has 7 heterocycles. The minimum Gasteiger partial charge on any atom is -0.508 e. The number of halogens is 2. The fourth-order valence-electron chi connectivity index (χ4n) is 12.0. The molecule has 1 amide bonds. The van der Waals surface area contributed by atoms with Gasteiger partial charge in [-0.05, 0) is 78.9 Å². The smallest absolute Gasteiger partial charge is 0.319 e. The van der Waals surface area contributed by atoms with Crippen molar-refractivity contribution in [2.24, 2.45) is 0 Å². The second-order valence-corrected chi connectivity index (χ2v) is 25.1. The summed E-state index contributed by atoms with van der Waals surface area (Å²) in [7, 11) is -0.437. The predicted molar refractivity (Wildman–Crippen MR) is 237 cm³/mol. The van der Waals surface area contributed by atoms with E-state index in [1.54, 1.807) is 18.3 Å². The highest BCUT2D eigenvalue weighted by Gasteiger charge is 2.50. The third kappa shape index (κ3) is 7.23. The molecule has 2 aromatic carbocycles. The molecule has 2 N–H and O–H groups in total. The Hall–Kier alpha value is -4.42. The average molecular weight is 852 g/mol. The van der Waals surface area contributed by atoms with Crippen LogP contribution in [0.1, 0.15) is 85.6 Å². The molecule has 5 aliphatic rings. The molecule has 0 radical (unpaired) electrons. The fraction of sp³-hybridized carbons (Fsp3) is 0.574. The molecular formula is C47H59F2N7O4Si. The lowest BCUT2D eigenvalue weighted by Crippen LogP contribution is -2.64. The molecule has 4 atom stereocenters. The van der Waals surface area contributed by atoms with Crippen LogP contribution in [0.25, 0.3) is 32.9 Å². The molecule has 4 saturated heterocycles. The van der Waals surface area contributed by atoms with Crippen LogP contribution < -0.4 is 15.0 Å². The normalized spacial score (nSPS) is 26.0. The molecule has 324 valence electrons. The molecule has 14 heteroatoms. The van der Waals surface area contributed by atoms with Gasteiger partial charge in [-0.15, -0.1) is 5.54 Å². The van der Waals surface area contributed by atoms with Gasteiger partial charge < -0.3 is 29.7 Å². The molecule has 9 rings (SSSR count). The van der Waals surface area contributed by atoms with Crippen molar-refractivity contribution >= 4 is 41.5 Å². The Kier molecular flexibility index (Phi) is 10.8. The summed E-state index contributed by atoms with van der Waals surface area (Å²) < 4.78 is 46.8. The number of carbonyl (C=O) groups excluding carboxylic acids is 1. The van der Waals surface area contributed by atoms with E-state index in [4.69, 9.17) is 24.4 Å². The molecule has 7 bridgehead atoms. The van der Waals surface area contributed by atoms with Gasteiger partial charge in [-0.1, -0.05) is 53.5 Å². The summed E-state index contributed by atoms with van der Waals surface area (Å²) >= 11 is 0. The van der Waals surface area contributed by atoms with Crippen LogP contribution >= 0.6 is 0 Å². The fourth-order valence-corrected chi connectivity index (χ4v) is 17.2. The van der Waals surface area contributed by atoms with Crippen molar-refractivity contribution in [3.63, 3.8) is 0 Å². The van der Waals surface area contributed by atoms with E-state index in [9.17, 15) is 9.90 Å². The van der Waals surface area contributed by atoms with Crippen molar-refractivity contribution in [1.82, 2.24) is 30.1 Å². The molecule has 11 nitrogen and oxygen atoms in total. The van der Waals surface area contributed by atoms with Gasteiger partial charge in [-0.3, -0.25) is 14.7 Å². The van der Waals surface area contributed by atoms with E-state index in [0.29, 0.717) is 77.9 Å². The number of nitrogens with zero attached hydrogens (tertiary/aromatic N) is 6. The molecule has 0 unspecified atom stereocenters. The van der Waals surface area contributed by atoms with Gasteiger partial charge in [0.25, 0.3) is 0 Å². The Morgan fingerprint density at radius 2 is 1.82 bits per heavy atom. The highest BCUT2D eigenvalue weighted by Crippen LogP contribution is 2.44. The van der Waals surface area contributed by atoms with E-state index in [1.165, 1.54) is 12.1 Å². The monoisotopic (exact) mass is 851 g/mol. The molecule has 4 aromatic rings. The van der Waals surface area contributed by atoms with Crippen molar-refractivity contribution in [3.05, 3.63) is 47.7 Å². The van der Waals surface area contributed by atoms with Crippen LogP contribution in [0.2, 0.25) is 16.6 Å². The number of piperazine rings is 1. The summed E-state index contributed by atoms with van der Waals surface area (Å²) in [6.07, 6.45) is 6.36. The van der Waals surface area contributed by atoms with Crippen LogP contribution in [0.15, 0.2) is 30.5 Å². The number of ether oxygens (including phenoxy) is 2. The largest absolute Gasteiger partial charge is 0.508 e. The number of fused-ring (bicyclic) bond motifs is 9. The van der Waals surface area contributed by atoms with E-state index in [-0.39, 0.29) is 57.7 Å². The van der Waals surface area contributed by atoms with Crippen LogP contribution in [0.4, 0.5) is 14.6 Å². The summed E-state index contributed by atoms with van der Waals surface area (Å²) in [6, 6.07) is 6.15. The third-order valence-electron chi connectivity index (χ3n) is 14.8. The summed E-state index contributed by atoms with van der Waals surface area (Å²) in [5.74, 6) is 2.51. The summed E-state index contributed by atoms with van der Waals surface area (Å²) in [4.78, 5) is 34.4. The first-order valence-electron chi connectivity index (χ1n) is 22.2. The first-order chi connectivity index (χ1) is 29.1. The van der Waals surface area contributed by atoms with Crippen molar-refractivity contribution < 1.29 is 28.2 Å². The number of carbonyl (C=O) groups is 1. The second kappa shape index (κ2) is 15.7. The van der Waals surface area contributed by atoms with Gasteiger partial charge in [-0.2, -0.15) is 9.97 Å². The zero-order valence-corrected chi connectivity index (χ0v) is 37.6. The number of phenolic OH excluding ortho intramolecular Hbond substituents is 1. The second-order valence-electron chi connectivity index (χ2n) is 19.5. The maximum atomic E-state index is 17.7. The first-order valence-corrected chi connectivity index (χ1v) is 24.5. The van der Waals surface area contributed by atoms with E-state index in [2.05, 4.69) is 68.1 Å². The number of likely N-dealkylation sites (N-methyl/N-ethyl adjacent to an activating group) is 1. The topological polar surface area (TPSA) is 116 Å². The molecule has 4 fully saturated rings. The average Bonchev–Trinajstić information content (AvgIpc) is 3.86. The van der Waals surface area contributed by atoms with Gasteiger partial charge >= 0.3 is 6.01 Å². The van der Waals surface area contributed by atoms with Crippen LogP contribution in [-0.4, -0.2) is 120 Å². The molecule has 2 spiro atoms. The van der Waals surface area contributed by atoms with Crippen LogP contribution in [0.5, 0.6) is 11.8 Å². The number of anilines is 1. The van der Waals surface area contributed by atoms with Gasteiger partial charge in [0.05, 0.1) is 41.2 Å². The number of amides is 1. The number of aromatic hydroxyl groups is 1. The first kappa shape index (κ1) is 41.9. The maximum absolute atomic E-state index is 17.7. The zero-order valence-electron chi connectivity index (χ0n) is 36.6. The zero-order chi connectivity index (χ0) is 43.0. The lowest BCUT2D eigenvalue weighted by molar-refractivity contribution is -0.132. The highest BCUT2D eigenvalue weighted by atomic mass is 28.3. The number of hydrogen-bond acceptors (Lipinski definition) is 10. The predicted octanol–water partition coefficient (Wildman–Crippen LogP) is 7.57. The Bertz CT molecular complexity index is 2440. The number of hydrogen-bond donors (Lipinski definition) is 2.